The maximum atomic E-state index is 11.0. The van der Waals surface area contributed by atoms with Gasteiger partial charge in [0.2, 0.25) is 0 Å². The molecular weight excluding hydrogens is 278 g/mol. The van der Waals surface area contributed by atoms with Crippen molar-refractivity contribution in [2.75, 3.05) is 0 Å². The van der Waals surface area contributed by atoms with Crippen molar-refractivity contribution < 1.29 is 18.3 Å². The number of rotatable bonds is 4. The van der Waals surface area contributed by atoms with Crippen LogP contribution in [0.5, 0.6) is 0 Å². The lowest BCUT2D eigenvalue weighted by Crippen LogP contribution is -2.44. The Morgan fingerprint density at radius 3 is 2.56 bits per heavy atom. The van der Waals surface area contributed by atoms with Crippen LogP contribution in [0, 0.1) is 17.8 Å². The molecular formula is C11H20ClNO4S. The van der Waals surface area contributed by atoms with Crippen LogP contribution in [0.2, 0.25) is 0 Å². The number of aliphatic hydroxyl groups excluding tert-OH is 1. The molecule has 0 spiro atoms. The first-order chi connectivity index (χ1) is 8.28. The lowest BCUT2D eigenvalue weighted by molar-refractivity contribution is -0.0721. The van der Waals surface area contributed by atoms with Crippen molar-refractivity contribution in [3.63, 3.8) is 0 Å². The second-order valence-electron chi connectivity index (χ2n) is 5.61. The molecule has 0 amide bonds. The van der Waals surface area contributed by atoms with Gasteiger partial charge in [-0.15, -0.1) is 0 Å². The van der Waals surface area contributed by atoms with E-state index in [9.17, 15) is 13.5 Å². The summed E-state index contributed by atoms with van der Waals surface area (Å²) in [6, 6.07) is 0. The first kappa shape index (κ1) is 14.5. The van der Waals surface area contributed by atoms with Crippen LogP contribution in [0.4, 0.5) is 0 Å². The molecule has 2 aliphatic rings. The molecule has 0 saturated carbocycles. The van der Waals surface area contributed by atoms with Crippen LogP contribution in [0.3, 0.4) is 0 Å². The van der Waals surface area contributed by atoms with Gasteiger partial charge in [0.05, 0.1) is 12.2 Å². The maximum absolute atomic E-state index is 11.0. The van der Waals surface area contributed by atoms with Crippen LogP contribution in [0.1, 0.15) is 33.1 Å². The smallest absolute Gasteiger partial charge is 0.299 e. The molecule has 3 unspecified atom stereocenters. The van der Waals surface area contributed by atoms with E-state index in [0.29, 0.717) is 18.3 Å². The molecule has 2 saturated heterocycles. The number of fused-ring (bicyclic) bond motifs is 2. The third kappa shape index (κ3) is 3.17. The largest absolute Gasteiger partial charge is 0.377 e. The molecule has 7 heteroatoms. The molecule has 0 radical (unpaired) electrons. The van der Waals surface area contributed by atoms with Crippen molar-refractivity contribution in [2.45, 2.75) is 51.5 Å². The monoisotopic (exact) mass is 297 g/mol. The fourth-order valence-electron chi connectivity index (χ4n) is 3.22. The van der Waals surface area contributed by atoms with E-state index in [0.717, 1.165) is 12.8 Å². The number of ether oxygens (including phenoxy) is 1. The van der Waals surface area contributed by atoms with Gasteiger partial charge >= 0.3 is 0 Å². The number of nitrogens with one attached hydrogen (secondary N) is 1. The van der Waals surface area contributed by atoms with Crippen LogP contribution >= 0.6 is 10.7 Å². The summed E-state index contributed by atoms with van der Waals surface area (Å²) in [6.07, 6.45) is 1.64. The third-order valence-electron chi connectivity index (χ3n) is 4.07. The highest BCUT2D eigenvalue weighted by Crippen LogP contribution is 2.44. The van der Waals surface area contributed by atoms with Gasteiger partial charge in [-0.25, -0.2) is 0 Å². The number of hydrogen-bond donors (Lipinski definition) is 2. The summed E-state index contributed by atoms with van der Waals surface area (Å²) in [4.78, 5) is 0. The predicted octanol–water partition coefficient (Wildman–Crippen LogP) is 1.22. The average molecular weight is 298 g/mol. The summed E-state index contributed by atoms with van der Waals surface area (Å²) in [5.74, 6) is 0.609. The zero-order valence-corrected chi connectivity index (χ0v) is 12.1. The SMILES string of the molecule is CC(C)C1CC[C@H]2CC(C(O)NS(=O)(=O)Cl)[C@@H]1O2. The lowest BCUT2D eigenvalue weighted by Gasteiger charge is -2.35. The Hall–Kier alpha value is 0.120. The molecule has 0 aromatic rings. The van der Waals surface area contributed by atoms with Crippen LogP contribution in [-0.2, 0) is 14.0 Å². The molecule has 2 aliphatic heterocycles. The van der Waals surface area contributed by atoms with E-state index in [1.165, 1.54) is 0 Å². The van der Waals surface area contributed by atoms with Gasteiger partial charge in [0, 0.05) is 16.6 Å². The van der Waals surface area contributed by atoms with Crippen LogP contribution in [0.15, 0.2) is 0 Å². The van der Waals surface area contributed by atoms with Crippen molar-refractivity contribution in [2.24, 2.45) is 17.8 Å². The Morgan fingerprint density at radius 2 is 2.00 bits per heavy atom. The summed E-state index contributed by atoms with van der Waals surface area (Å²) in [6.45, 7) is 4.25. The van der Waals surface area contributed by atoms with E-state index in [4.69, 9.17) is 15.4 Å². The fourth-order valence-corrected chi connectivity index (χ4v) is 3.95. The molecule has 2 fully saturated rings. The highest BCUT2D eigenvalue weighted by atomic mass is 35.7. The first-order valence-electron chi connectivity index (χ1n) is 6.33. The molecule has 2 rings (SSSR count). The highest BCUT2D eigenvalue weighted by Gasteiger charge is 2.47. The molecule has 18 heavy (non-hydrogen) atoms. The molecule has 2 heterocycles. The minimum atomic E-state index is -3.91. The molecule has 0 aliphatic carbocycles. The van der Waals surface area contributed by atoms with E-state index < -0.39 is 15.5 Å². The van der Waals surface area contributed by atoms with E-state index in [-0.39, 0.29) is 18.1 Å². The second-order valence-corrected chi connectivity index (χ2v) is 7.94. The van der Waals surface area contributed by atoms with Crippen LogP contribution in [-0.4, -0.2) is 32.0 Å². The number of aliphatic hydroxyl groups is 1. The average Bonchev–Trinajstić information content (AvgIpc) is 2.53. The van der Waals surface area contributed by atoms with Gasteiger partial charge in [-0.3, -0.25) is 0 Å². The molecule has 2 N–H and O–H groups in total. The number of halogens is 1. The van der Waals surface area contributed by atoms with Crippen molar-refractivity contribution in [1.29, 1.82) is 0 Å². The summed E-state index contributed by atoms with van der Waals surface area (Å²) in [5, 5.41) is 9.98. The van der Waals surface area contributed by atoms with Gasteiger partial charge in [-0.1, -0.05) is 13.8 Å². The van der Waals surface area contributed by atoms with E-state index in [1.807, 2.05) is 4.72 Å². The van der Waals surface area contributed by atoms with Gasteiger partial charge in [-0.05, 0) is 31.1 Å². The minimum Gasteiger partial charge on any atom is -0.377 e. The van der Waals surface area contributed by atoms with Crippen molar-refractivity contribution >= 4 is 19.9 Å². The Labute approximate surface area is 112 Å². The quantitative estimate of drug-likeness (QED) is 0.604. The normalized spacial score (nSPS) is 38.1. The molecule has 0 aromatic heterocycles. The van der Waals surface area contributed by atoms with Crippen molar-refractivity contribution in [1.82, 2.24) is 4.72 Å². The Balaban J connectivity index is 2.09. The maximum Gasteiger partial charge on any atom is 0.299 e. The molecule has 0 aromatic carbocycles. The summed E-state index contributed by atoms with van der Waals surface area (Å²) in [7, 11) is 1.20. The van der Waals surface area contributed by atoms with Crippen LogP contribution < -0.4 is 4.72 Å². The lowest BCUT2D eigenvalue weighted by atomic mass is 9.81. The predicted molar refractivity (Wildman–Crippen MR) is 68.2 cm³/mol. The van der Waals surface area contributed by atoms with Gasteiger partial charge in [0.15, 0.2) is 0 Å². The van der Waals surface area contributed by atoms with E-state index in [1.54, 1.807) is 0 Å². The van der Waals surface area contributed by atoms with Gasteiger partial charge in [-0.2, -0.15) is 13.1 Å². The van der Waals surface area contributed by atoms with Crippen LogP contribution in [0.25, 0.3) is 0 Å². The van der Waals surface area contributed by atoms with Crippen molar-refractivity contribution in [3.8, 4) is 0 Å². The molecule has 5 nitrogen and oxygen atoms in total. The topological polar surface area (TPSA) is 75.6 Å². The first-order valence-corrected chi connectivity index (χ1v) is 8.64. The minimum absolute atomic E-state index is 0.0790. The number of hydrogen-bond acceptors (Lipinski definition) is 4. The summed E-state index contributed by atoms with van der Waals surface area (Å²) < 4.78 is 29.8. The molecule has 2 bridgehead atoms. The Morgan fingerprint density at radius 1 is 1.33 bits per heavy atom. The van der Waals surface area contributed by atoms with Gasteiger partial charge < -0.3 is 9.84 Å². The van der Waals surface area contributed by atoms with E-state index in [2.05, 4.69) is 13.8 Å². The standard InChI is InChI=1S/C11H20ClNO4S/c1-6(2)8-4-3-7-5-9(10(8)17-7)11(14)13-18(12,15)16/h6-11,13-14H,3-5H2,1-2H3/t7-,8?,9?,10+,11?/m0/s1. The third-order valence-corrected chi connectivity index (χ3v) is 4.86. The summed E-state index contributed by atoms with van der Waals surface area (Å²) >= 11 is 0. The zero-order chi connectivity index (χ0) is 13.5. The zero-order valence-electron chi connectivity index (χ0n) is 10.5. The highest BCUT2D eigenvalue weighted by molar-refractivity contribution is 8.12. The molecule has 5 atom stereocenters. The van der Waals surface area contributed by atoms with Gasteiger partial charge in [0.25, 0.3) is 9.24 Å². The fraction of sp³-hybridized carbons (Fsp3) is 1.00. The Kier molecular flexibility index (Phi) is 4.23. The van der Waals surface area contributed by atoms with E-state index >= 15 is 0 Å². The van der Waals surface area contributed by atoms with Crippen molar-refractivity contribution in [3.05, 3.63) is 0 Å². The Bertz CT molecular complexity index is 400. The summed E-state index contributed by atoms with van der Waals surface area (Å²) in [5.41, 5.74) is 0. The second kappa shape index (κ2) is 5.25. The molecule has 106 valence electrons. The van der Waals surface area contributed by atoms with Gasteiger partial charge in [0.1, 0.15) is 6.23 Å².